The number of fused-ring (bicyclic) bond motifs is 1. The molecule has 1 aromatic heterocycles. The van der Waals surface area contributed by atoms with Crippen LogP contribution in [0.5, 0.6) is 5.75 Å². The highest BCUT2D eigenvalue weighted by molar-refractivity contribution is 7.89. The van der Waals surface area contributed by atoms with Crippen molar-refractivity contribution in [3.8, 4) is 5.75 Å². The Bertz CT molecular complexity index is 1610. The van der Waals surface area contributed by atoms with Gasteiger partial charge < -0.3 is 24.8 Å². The number of hydrogen-bond donors (Lipinski definition) is 2. The molecular weight excluding hydrogens is 627 g/mol. The number of nitrogens with zero attached hydrogens (tertiary/aromatic N) is 3. The normalized spacial score (nSPS) is 20.5. The maximum absolute atomic E-state index is 14.3. The van der Waals surface area contributed by atoms with Gasteiger partial charge in [0.2, 0.25) is 10.0 Å². The molecule has 0 saturated carbocycles. The van der Waals surface area contributed by atoms with E-state index in [9.17, 15) is 27.5 Å². The van der Waals surface area contributed by atoms with Gasteiger partial charge in [-0.15, -0.1) is 0 Å². The van der Waals surface area contributed by atoms with Crippen LogP contribution in [0.3, 0.4) is 0 Å². The average molecular weight is 671 g/mol. The molecule has 47 heavy (non-hydrogen) atoms. The first kappa shape index (κ1) is 35.9. The molecule has 0 radical (unpaired) electrons. The van der Waals surface area contributed by atoms with Crippen molar-refractivity contribution in [2.75, 3.05) is 38.7 Å². The van der Waals surface area contributed by atoms with Gasteiger partial charge >= 0.3 is 0 Å². The Balaban J connectivity index is 1.65. The number of anilines is 1. The molecule has 13 heteroatoms. The first-order chi connectivity index (χ1) is 22.4. The van der Waals surface area contributed by atoms with E-state index in [0.717, 1.165) is 18.6 Å². The van der Waals surface area contributed by atoms with Crippen molar-refractivity contribution >= 4 is 27.5 Å². The van der Waals surface area contributed by atoms with Gasteiger partial charge in [-0.1, -0.05) is 6.92 Å². The Morgan fingerprint density at radius 1 is 1.13 bits per heavy atom. The van der Waals surface area contributed by atoms with Gasteiger partial charge in [0.25, 0.3) is 11.8 Å². The summed E-state index contributed by atoms with van der Waals surface area (Å²) in [6.45, 7) is 5.64. The van der Waals surface area contributed by atoms with E-state index in [0.29, 0.717) is 36.4 Å². The summed E-state index contributed by atoms with van der Waals surface area (Å²) in [7, 11) is -2.51. The minimum atomic E-state index is -3.96. The summed E-state index contributed by atoms with van der Waals surface area (Å²) < 4.78 is 53.8. The minimum absolute atomic E-state index is 0.0162. The zero-order valence-electron chi connectivity index (χ0n) is 27.1. The number of amides is 2. The summed E-state index contributed by atoms with van der Waals surface area (Å²) in [5, 5.41) is 13.0. The molecule has 254 valence electrons. The van der Waals surface area contributed by atoms with Gasteiger partial charge in [0.05, 0.1) is 35.3 Å². The third-order valence-corrected chi connectivity index (χ3v) is 10.0. The SMILES string of the molecule is C[C@@H]1CCCCO[C@@H](CN(C)S(=O)(=O)c2ccc(F)cc2)[C@@H](C)CN([C@@H](C)CO)C(=O)c2cc(NC(=O)c3ccncc3)ccc2O1. The summed E-state index contributed by atoms with van der Waals surface area (Å²) in [5.41, 5.74) is 0.996. The van der Waals surface area contributed by atoms with E-state index >= 15 is 0 Å². The molecule has 4 atom stereocenters. The molecule has 0 unspecified atom stereocenters. The highest BCUT2D eigenvalue weighted by Gasteiger charge is 2.32. The van der Waals surface area contributed by atoms with E-state index in [1.165, 1.54) is 40.8 Å². The second-order valence-electron chi connectivity index (χ2n) is 11.9. The number of benzene rings is 2. The summed E-state index contributed by atoms with van der Waals surface area (Å²) in [6, 6.07) is 12.1. The molecule has 11 nitrogen and oxygen atoms in total. The lowest BCUT2D eigenvalue weighted by atomic mass is 10.0. The van der Waals surface area contributed by atoms with Crippen LogP contribution in [0, 0.1) is 11.7 Å². The van der Waals surface area contributed by atoms with Crippen LogP contribution in [0.4, 0.5) is 10.1 Å². The van der Waals surface area contributed by atoms with Gasteiger partial charge in [-0.3, -0.25) is 14.6 Å². The number of pyridine rings is 1. The number of hydrogen-bond acceptors (Lipinski definition) is 8. The lowest BCUT2D eigenvalue weighted by Gasteiger charge is -2.35. The van der Waals surface area contributed by atoms with Crippen molar-refractivity contribution in [1.82, 2.24) is 14.2 Å². The smallest absolute Gasteiger partial charge is 0.258 e. The fourth-order valence-electron chi connectivity index (χ4n) is 5.31. The highest BCUT2D eigenvalue weighted by Crippen LogP contribution is 2.29. The van der Waals surface area contributed by atoms with Gasteiger partial charge in [-0.05, 0) is 87.7 Å². The van der Waals surface area contributed by atoms with Crippen LogP contribution < -0.4 is 10.1 Å². The first-order valence-corrected chi connectivity index (χ1v) is 17.1. The van der Waals surface area contributed by atoms with Gasteiger partial charge in [0, 0.05) is 56.3 Å². The highest BCUT2D eigenvalue weighted by atomic mass is 32.2. The lowest BCUT2D eigenvalue weighted by molar-refractivity contribution is -0.00834. The number of nitrogens with one attached hydrogen (secondary N) is 1. The Morgan fingerprint density at radius 2 is 1.83 bits per heavy atom. The van der Waals surface area contributed by atoms with Crippen molar-refractivity contribution in [2.24, 2.45) is 5.92 Å². The van der Waals surface area contributed by atoms with Crippen molar-refractivity contribution < 1.29 is 37.0 Å². The van der Waals surface area contributed by atoms with Gasteiger partial charge in [-0.2, -0.15) is 4.31 Å². The Kier molecular flexibility index (Phi) is 12.4. The maximum Gasteiger partial charge on any atom is 0.258 e. The van der Waals surface area contributed by atoms with Crippen LogP contribution in [0.25, 0.3) is 0 Å². The molecule has 0 saturated heterocycles. The minimum Gasteiger partial charge on any atom is -0.490 e. The van der Waals surface area contributed by atoms with E-state index < -0.39 is 33.9 Å². The van der Waals surface area contributed by atoms with Crippen LogP contribution in [0.15, 0.2) is 71.9 Å². The van der Waals surface area contributed by atoms with Crippen LogP contribution in [-0.4, -0.2) is 91.1 Å². The monoisotopic (exact) mass is 670 g/mol. The van der Waals surface area contributed by atoms with Crippen molar-refractivity contribution in [3.05, 3.63) is 83.9 Å². The van der Waals surface area contributed by atoms with Crippen molar-refractivity contribution in [3.63, 3.8) is 0 Å². The number of aliphatic hydroxyl groups is 1. The van der Waals surface area contributed by atoms with Gasteiger partial charge in [0.1, 0.15) is 11.6 Å². The maximum atomic E-state index is 14.3. The van der Waals surface area contributed by atoms with E-state index in [1.54, 1.807) is 37.3 Å². The number of ether oxygens (including phenoxy) is 2. The predicted octanol–water partition coefficient (Wildman–Crippen LogP) is 4.59. The quantitative estimate of drug-likeness (QED) is 0.355. The standard InChI is InChI=1S/C34H43FN4O7S/c1-23-20-39(24(2)22-40)34(42)30-19-28(37-33(41)26-14-16-36-17-15-26)10-13-31(30)46-25(3)7-5-6-18-45-32(23)21-38(4)47(43,44)29-11-8-27(35)9-12-29/h8-17,19,23-25,32,40H,5-7,18,20-22H2,1-4H3,(H,37,41)/t23-,24-,25+,32-/m0/s1. The fourth-order valence-corrected chi connectivity index (χ4v) is 6.49. The third kappa shape index (κ3) is 9.34. The summed E-state index contributed by atoms with van der Waals surface area (Å²) >= 11 is 0. The van der Waals surface area contributed by atoms with Gasteiger partial charge in [0.15, 0.2) is 0 Å². The van der Waals surface area contributed by atoms with Gasteiger partial charge in [-0.25, -0.2) is 12.8 Å². The van der Waals surface area contributed by atoms with Crippen molar-refractivity contribution in [2.45, 2.75) is 63.2 Å². The first-order valence-electron chi connectivity index (χ1n) is 15.7. The molecule has 2 amide bonds. The van der Waals surface area contributed by atoms with Crippen LogP contribution in [0.1, 0.15) is 60.7 Å². The molecule has 2 heterocycles. The number of carbonyl (C=O) groups is 2. The molecule has 1 aliphatic rings. The Hall–Kier alpha value is -3.91. The molecule has 0 aliphatic carbocycles. The number of halogens is 1. The molecule has 0 fully saturated rings. The Morgan fingerprint density at radius 3 is 2.51 bits per heavy atom. The average Bonchev–Trinajstić information content (AvgIpc) is 3.06. The van der Waals surface area contributed by atoms with E-state index in [1.807, 2.05) is 13.8 Å². The number of carbonyl (C=O) groups excluding carboxylic acids is 2. The summed E-state index contributed by atoms with van der Waals surface area (Å²) in [5.74, 6) is -1.36. The number of likely N-dealkylation sites (N-methyl/N-ethyl adjacent to an activating group) is 1. The molecule has 1 aliphatic heterocycles. The van der Waals surface area contributed by atoms with Crippen LogP contribution in [-0.2, 0) is 14.8 Å². The second kappa shape index (κ2) is 16.3. The molecule has 3 aromatic rings. The van der Waals surface area contributed by atoms with E-state index in [2.05, 4.69) is 10.3 Å². The molecule has 0 bridgehead atoms. The fraction of sp³-hybridized carbons (Fsp3) is 0.441. The summed E-state index contributed by atoms with van der Waals surface area (Å²) in [4.78, 5) is 32.6. The number of sulfonamides is 1. The number of rotatable bonds is 8. The van der Waals surface area contributed by atoms with Crippen molar-refractivity contribution in [1.29, 1.82) is 0 Å². The topological polar surface area (TPSA) is 138 Å². The predicted molar refractivity (Wildman–Crippen MR) is 175 cm³/mol. The zero-order valence-corrected chi connectivity index (χ0v) is 28.0. The summed E-state index contributed by atoms with van der Waals surface area (Å²) in [6.07, 6.45) is 4.31. The molecule has 2 aromatic carbocycles. The number of aromatic nitrogens is 1. The number of aliphatic hydroxyl groups excluding tert-OH is 1. The van der Waals surface area contributed by atoms with Crippen LogP contribution in [0.2, 0.25) is 0 Å². The third-order valence-electron chi connectivity index (χ3n) is 8.21. The van der Waals surface area contributed by atoms with Crippen LogP contribution >= 0.6 is 0 Å². The largest absolute Gasteiger partial charge is 0.490 e. The molecule has 4 rings (SSSR count). The second-order valence-corrected chi connectivity index (χ2v) is 14.0. The molecular formula is C34H43FN4O7S. The Labute approximate surface area is 275 Å². The van der Waals surface area contributed by atoms with E-state index in [4.69, 9.17) is 9.47 Å². The lowest BCUT2D eigenvalue weighted by Crippen LogP contribution is -2.48. The molecule has 2 N–H and O–H groups in total. The molecule has 0 spiro atoms. The zero-order chi connectivity index (χ0) is 34.1. The van der Waals surface area contributed by atoms with E-state index in [-0.39, 0.29) is 48.1 Å².